The van der Waals surface area contributed by atoms with Crippen LogP contribution in [0.1, 0.15) is 19.4 Å². The summed E-state index contributed by atoms with van der Waals surface area (Å²) in [6.45, 7) is 4.44. The van der Waals surface area contributed by atoms with Crippen LogP contribution in [0.15, 0.2) is 23.1 Å². The van der Waals surface area contributed by atoms with Gasteiger partial charge in [-0.05, 0) is 25.1 Å². The Hall–Kier alpha value is -0.740. The Bertz CT molecular complexity index is 655. The Balaban J connectivity index is 2.40. The number of hydrogen-bond acceptors (Lipinski definition) is 4. The van der Waals surface area contributed by atoms with Crippen molar-refractivity contribution >= 4 is 33.4 Å². The molecule has 2 unspecified atom stereocenters. The van der Waals surface area contributed by atoms with Gasteiger partial charge in [-0.3, -0.25) is 0 Å². The fourth-order valence-electron chi connectivity index (χ4n) is 2.13. The number of halogens is 1. The molecule has 1 aromatic rings. The Labute approximate surface area is 128 Å². The van der Waals surface area contributed by atoms with Gasteiger partial charge in [-0.2, -0.15) is 21.3 Å². The normalized spacial score (nSPS) is 24.3. The predicted molar refractivity (Wildman–Crippen MR) is 81.4 cm³/mol. The van der Waals surface area contributed by atoms with Gasteiger partial charge in [0.1, 0.15) is 6.07 Å². The first kappa shape index (κ1) is 15.6. The fraction of sp³-hybridized carbons (Fsp3) is 0.462. The third-order valence-electron chi connectivity index (χ3n) is 3.49. The highest BCUT2D eigenvalue weighted by atomic mass is 35.5. The predicted octanol–water partition coefficient (Wildman–Crippen LogP) is 2.73. The standard InChI is InChI=1S/C13H15ClN2O2S2/c1-9-10(2)19-6-5-16(9)20(17,18)12-4-3-11(8-15)13(14)7-12/h3-4,7,9-10H,5-6H2,1-2H3. The monoisotopic (exact) mass is 330 g/mol. The third-order valence-corrected chi connectivity index (χ3v) is 7.13. The van der Waals surface area contributed by atoms with Gasteiger partial charge < -0.3 is 0 Å². The molecule has 1 saturated heterocycles. The summed E-state index contributed by atoms with van der Waals surface area (Å²) in [7, 11) is -3.57. The maximum atomic E-state index is 12.7. The van der Waals surface area contributed by atoms with Gasteiger partial charge >= 0.3 is 0 Å². The first-order valence-corrected chi connectivity index (χ1v) is 9.07. The number of rotatable bonds is 2. The van der Waals surface area contributed by atoms with Gasteiger partial charge in [-0.15, -0.1) is 0 Å². The van der Waals surface area contributed by atoms with Crippen LogP contribution in [0.2, 0.25) is 5.02 Å². The molecule has 0 N–H and O–H groups in total. The minimum absolute atomic E-state index is 0.0619. The van der Waals surface area contributed by atoms with E-state index in [-0.39, 0.29) is 26.8 Å². The SMILES string of the molecule is CC1SCCN(S(=O)(=O)c2ccc(C#N)c(Cl)c2)C1C. The lowest BCUT2D eigenvalue weighted by atomic mass is 10.2. The smallest absolute Gasteiger partial charge is 0.207 e. The van der Waals surface area contributed by atoms with E-state index in [0.29, 0.717) is 6.54 Å². The molecule has 1 aromatic carbocycles. The van der Waals surface area contributed by atoms with Crippen molar-refractivity contribution in [3.63, 3.8) is 0 Å². The van der Waals surface area contributed by atoms with Crippen LogP contribution in [-0.2, 0) is 10.0 Å². The minimum Gasteiger partial charge on any atom is -0.207 e. The number of hydrogen-bond donors (Lipinski definition) is 0. The van der Waals surface area contributed by atoms with Crippen molar-refractivity contribution in [3.05, 3.63) is 28.8 Å². The molecule has 1 aliphatic rings. The summed E-state index contributed by atoms with van der Waals surface area (Å²) >= 11 is 7.71. The number of thioether (sulfide) groups is 1. The molecule has 0 bridgehead atoms. The molecule has 1 aliphatic heterocycles. The molecule has 0 aromatic heterocycles. The molecule has 2 atom stereocenters. The summed E-state index contributed by atoms with van der Waals surface area (Å²) in [5.41, 5.74) is 0.279. The second-order valence-corrected chi connectivity index (χ2v) is 8.47. The van der Waals surface area contributed by atoms with Gasteiger partial charge in [0.05, 0.1) is 15.5 Å². The lowest BCUT2D eigenvalue weighted by Crippen LogP contribution is -2.47. The zero-order valence-corrected chi connectivity index (χ0v) is 13.6. The molecule has 0 aliphatic carbocycles. The highest BCUT2D eigenvalue weighted by Gasteiger charge is 2.35. The quantitative estimate of drug-likeness (QED) is 0.836. The van der Waals surface area contributed by atoms with Gasteiger partial charge in [0.15, 0.2) is 0 Å². The number of benzene rings is 1. The summed E-state index contributed by atoms with van der Waals surface area (Å²) in [4.78, 5) is 0.146. The van der Waals surface area contributed by atoms with Crippen LogP contribution in [0.5, 0.6) is 0 Å². The lowest BCUT2D eigenvalue weighted by Gasteiger charge is -2.36. The average Bonchev–Trinajstić information content (AvgIpc) is 2.41. The zero-order chi connectivity index (χ0) is 14.9. The molecule has 0 radical (unpaired) electrons. The number of nitrogens with zero attached hydrogens (tertiary/aromatic N) is 2. The lowest BCUT2D eigenvalue weighted by molar-refractivity contribution is 0.340. The average molecular weight is 331 g/mol. The Morgan fingerprint density at radius 3 is 2.75 bits per heavy atom. The summed E-state index contributed by atoms with van der Waals surface area (Å²) in [6, 6.07) is 6.11. The van der Waals surface area contributed by atoms with Gasteiger partial charge in [0, 0.05) is 23.6 Å². The highest BCUT2D eigenvalue weighted by Crippen LogP contribution is 2.30. The van der Waals surface area contributed by atoms with Crippen molar-refractivity contribution in [2.24, 2.45) is 0 Å². The highest BCUT2D eigenvalue weighted by molar-refractivity contribution is 8.00. The molecule has 0 amide bonds. The van der Waals surface area contributed by atoms with E-state index in [1.165, 1.54) is 22.5 Å². The molecule has 2 rings (SSSR count). The maximum Gasteiger partial charge on any atom is 0.243 e. The molecule has 1 fully saturated rings. The second-order valence-electron chi connectivity index (χ2n) is 4.69. The first-order chi connectivity index (χ1) is 9.37. The van der Waals surface area contributed by atoms with Gasteiger partial charge in [0.2, 0.25) is 10.0 Å². The molecule has 7 heteroatoms. The third kappa shape index (κ3) is 2.82. The van der Waals surface area contributed by atoms with Crippen LogP contribution < -0.4 is 0 Å². The van der Waals surface area contributed by atoms with E-state index in [2.05, 4.69) is 0 Å². The number of sulfonamides is 1. The van der Waals surface area contributed by atoms with Crippen molar-refractivity contribution in [1.82, 2.24) is 4.31 Å². The van der Waals surface area contributed by atoms with E-state index in [0.717, 1.165) is 5.75 Å². The van der Waals surface area contributed by atoms with Crippen molar-refractivity contribution in [3.8, 4) is 6.07 Å². The van der Waals surface area contributed by atoms with Gasteiger partial charge in [0.25, 0.3) is 0 Å². The summed E-state index contributed by atoms with van der Waals surface area (Å²) in [6.07, 6.45) is 0. The van der Waals surface area contributed by atoms with Crippen molar-refractivity contribution in [1.29, 1.82) is 5.26 Å². The van der Waals surface area contributed by atoms with Crippen LogP contribution >= 0.6 is 23.4 Å². The molecule has 4 nitrogen and oxygen atoms in total. The zero-order valence-electron chi connectivity index (χ0n) is 11.2. The molecular weight excluding hydrogens is 316 g/mol. The van der Waals surface area contributed by atoms with Crippen LogP contribution in [0, 0.1) is 11.3 Å². The summed E-state index contributed by atoms with van der Waals surface area (Å²) < 4.78 is 26.9. The van der Waals surface area contributed by atoms with E-state index in [4.69, 9.17) is 16.9 Å². The van der Waals surface area contributed by atoms with E-state index >= 15 is 0 Å². The van der Waals surface area contributed by atoms with Crippen LogP contribution in [-0.4, -0.2) is 36.3 Å². The van der Waals surface area contributed by atoms with Gasteiger partial charge in [-0.25, -0.2) is 8.42 Å². The topological polar surface area (TPSA) is 61.2 Å². The molecule has 0 spiro atoms. The summed E-state index contributed by atoms with van der Waals surface area (Å²) in [5, 5.41) is 9.26. The molecule has 108 valence electrons. The Morgan fingerprint density at radius 2 is 2.15 bits per heavy atom. The fourth-order valence-corrected chi connectivity index (χ4v) is 5.44. The molecule has 1 heterocycles. The van der Waals surface area contributed by atoms with E-state index < -0.39 is 10.0 Å². The molecule has 0 saturated carbocycles. The summed E-state index contributed by atoms with van der Waals surface area (Å²) in [5.74, 6) is 0.786. The van der Waals surface area contributed by atoms with Crippen LogP contribution in [0.4, 0.5) is 0 Å². The molecular formula is C13H15ClN2O2S2. The largest absolute Gasteiger partial charge is 0.243 e. The maximum absolute atomic E-state index is 12.7. The minimum atomic E-state index is -3.57. The Kier molecular flexibility index (Phi) is 4.65. The number of nitriles is 1. The van der Waals surface area contributed by atoms with Crippen molar-refractivity contribution in [2.75, 3.05) is 12.3 Å². The second kappa shape index (κ2) is 5.94. The van der Waals surface area contributed by atoms with Gasteiger partial charge in [-0.1, -0.05) is 18.5 Å². The van der Waals surface area contributed by atoms with Crippen LogP contribution in [0.25, 0.3) is 0 Å². The van der Waals surface area contributed by atoms with E-state index in [1.54, 1.807) is 11.8 Å². The molecule has 20 heavy (non-hydrogen) atoms. The van der Waals surface area contributed by atoms with E-state index in [9.17, 15) is 8.42 Å². The van der Waals surface area contributed by atoms with E-state index in [1.807, 2.05) is 19.9 Å². The Morgan fingerprint density at radius 1 is 1.45 bits per heavy atom. The first-order valence-electron chi connectivity index (χ1n) is 6.21. The van der Waals surface area contributed by atoms with Crippen LogP contribution in [0.3, 0.4) is 0 Å². The van der Waals surface area contributed by atoms with Crippen molar-refractivity contribution < 1.29 is 8.42 Å². The van der Waals surface area contributed by atoms with Crippen molar-refractivity contribution in [2.45, 2.75) is 30.0 Å².